The number of benzene rings is 4. The molecule has 1 aliphatic carbocycles. The van der Waals surface area contributed by atoms with Gasteiger partial charge in [0.15, 0.2) is 24.8 Å². The molecular formula is C82H89N11+4. The summed E-state index contributed by atoms with van der Waals surface area (Å²) in [5.41, 5.74) is 24.7. The van der Waals surface area contributed by atoms with Crippen LogP contribution in [0.2, 0.25) is 0 Å². The molecule has 8 heterocycles. The summed E-state index contributed by atoms with van der Waals surface area (Å²) in [5, 5.41) is 0. The lowest BCUT2D eigenvalue weighted by Crippen LogP contribution is -2.31. The molecule has 93 heavy (non-hydrogen) atoms. The Balaban J connectivity index is 0.000000136. The Morgan fingerprint density at radius 1 is 0.376 bits per heavy atom. The Morgan fingerprint density at radius 3 is 1.15 bits per heavy atom. The highest BCUT2D eigenvalue weighted by molar-refractivity contribution is 5.68. The van der Waals surface area contributed by atoms with Crippen LogP contribution in [0.3, 0.4) is 0 Å². The number of nitrogens with zero attached hydrogens (tertiary/aromatic N) is 11. The lowest BCUT2D eigenvalue weighted by atomic mass is 10.0. The Bertz CT molecular complexity index is 4510. The third kappa shape index (κ3) is 16.7. The summed E-state index contributed by atoms with van der Waals surface area (Å²) in [6.07, 6.45) is 22.1. The summed E-state index contributed by atoms with van der Waals surface area (Å²) >= 11 is 0. The highest BCUT2D eigenvalue weighted by Crippen LogP contribution is 2.33. The number of aryl methyl sites for hydroxylation is 9. The van der Waals surface area contributed by atoms with Gasteiger partial charge in [-0.15, -0.1) is 0 Å². The third-order valence-electron chi connectivity index (χ3n) is 17.2. The first-order chi connectivity index (χ1) is 45.0. The van der Waals surface area contributed by atoms with E-state index in [1.165, 1.54) is 98.5 Å². The number of aromatic nitrogens is 11. The van der Waals surface area contributed by atoms with Crippen molar-refractivity contribution < 1.29 is 18.3 Å². The molecule has 11 heteroatoms. The van der Waals surface area contributed by atoms with E-state index < -0.39 is 0 Å². The number of rotatable bonds is 12. The van der Waals surface area contributed by atoms with Gasteiger partial charge in [0, 0.05) is 106 Å². The molecular weight excluding hydrogens is 1140 g/mol. The number of hydrogen-bond acceptors (Lipinski definition) is 7. The highest BCUT2D eigenvalue weighted by Gasteiger charge is 2.22. The topological polar surface area (TPSA) is 106 Å². The summed E-state index contributed by atoms with van der Waals surface area (Å²) in [7, 11) is 8.36. The van der Waals surface area contributed by atoms with Gasteiger partial charge in [-0.3, -0.25) is 4.98 Å². The van der Waals surface area contributed by atoms with E-state index in [1.807, 2.05) is 56.0 Å². The van der Waals surface area contributed by atoms with Crippen LogP contribution in [-0.4, -0.2) is 34.9 Å². The van der Waals surface area contributed by atoms with E-state index in [4.69, 9.17) is 9.97 Å². The fraction of sp³-hybridized carbons (Fsp3) is 0.256. The molecule has 0 N–H and O–H groups in total. The molecule has 0 bridgehead atoms. The second kappa shape index (κ2) is 30.8. The zero-order valence-electron chi connectivity index (χ0n) is 56.5. The average Bonchev–Trinajstić information content (AvgIpc) is 1.33. The van der Waals surface area contributed by atoms with Gasteiger partial charge in [0.2, 0.25) is 22.8 Å². The molecule has 0 unspecified atom stereocenters. The van der Waals surface area contributed by atoms with Gasteiger partial charge in [0.05, 0.1) is 33.8 Å². The van der Waals surface area contributed by atoms with Gasteiger partial charge in [-0.1, -0.05) is 119 Å². The van der Waals surface area contributed by atoms with Crippen molar-refractivity contribution >= 4 is 0 Å². The van der Waals surface area contributed by atoms with Gasteiger partial charge in [-0.25, -0.2) is 48.2 Å². The maximum atomic E-state index is 4.86. The summed E-state index contributed by atoms with van der Waals surface area (Å²) in [6, 6.07) is 61.3. The molecule has 0 saturated heterocycles. The molecule has 0 spiro atoms. The summed E-state index contributed by atoms with van der Waals surface area (Å²) < 4.78 is 8.70. The maximum Gasteiger partial charge on any atom is 0.212 e. The van der Waals surface area contributed by atoms with Gasteiger partial charge in [-0.2, -0.15) is 0 Å². The zero-order chi connectivity index (χ0) is 65.5. The first kappa shape index (κ1) is 65.8. The molecule has 12 aromatic rings. The molecule has 0 radical (unpaired) electrons. The minimum Gasteiger partial charge on any atom is -0.261 e. The molecule has 0 amide bonds. The first-order valence-electron chi connectivity index (χ1n) is 32.6. The van der Waals surface area contributed by atoms with Crippen LogP contribution in [0.5, 0.6) is 0 Å². The molecule has 468 valence electrons. The predicted octanol–water partition coefficient (Wildman–Crippen LogP) is 16.7. The van der Waals surface area contributed by atoms with Crippen LogP contribution >= 0.6 is 0 Å². The SMILES string of the molecule is Cc1ccc(-c2ccc(-c3ccccc3C)[n+](C)c2)cn1.Cc1ccccc1-c1ccc(-c2ccnc(C(C)C)n2)c[n+]1C.Cc1ccccc1-c1ccc(-c2ccnc(C3CCCC3)n2)c[n+]1C.Cc1ccccc1-c1ccc(-c2ccnc(CC(C)C)n2)c[n+]1C. The van der Waals surface area contributed by atoms with E-state index in [0.29, 0.717) is 17.8 Å². The van der Waals surface area contributed by atoms with E-state index in [-0.39, 0.29) is 0 Å². The quantitative estimate of drug-likeness (QED) is 0.112. The predicted molar refractivity (Wildman–Crippen MR) is 376 cm³/mol. The summed E-state index contributed by atoms with van der Waals surface area (Å²) in [5.74, 6) is 4.23. The molecule has 13 rings (SSSR count). The monoisotopic (exact) mass is 1230 g/mol. The zero-order valence-corrected chi connectivity index (χ0v) is 56.5. The average molecular weight is 1230 g/mol. The first-order valence-corrected chi connectivity index (χ1v) is 32.6. The Labute approximate surface area is 551 Å². The van der Waals surface area contributed by atoms with E-state index in [9.17, 15) is 0 Å². The second-order valence-corrected chi connectivity index (χ2v) is 25.3. The Morgan fingerprint density at radius 2 is 0.753 bits per heavy atom. The molecule has 4 aromatic carbocycles. The Kier molecular flexibility index (Phi) is 21.8. The van der Waals surface area contributed by atoms with Crippen LogP contribution in [0, 0.1) is 40.5 Å². The van der Waals surface area contributed by atoms with Gasteiger partial charge in [0.25, 0.3) is 0 Å². The maximum absolute atomic E-state index is 4.86. The number of pyridine rings is 5. The van der Waals surface area contributed by atoms with Crippen molar-refractivity contribution in [2.45, 2.75) is 106 Å². The van der Waals surface area contributed by atoms with Gasteiger partial charge in [-0.05, 0) is 148 Å². The Hall–Kier alpha value is -10.1. The summed E-state index contributed by atoms with van der Waals surface area (Å²) in [6.45, 7) is 19.2. The van der Waals surface area contributed by atoms with Crippen LogP contribution < -0.4 is 18.3 Å². The normalized spacial score (nSPS) is 11.9. The fourth-order valence-electron chi connectivity index (χ4n) is 12.0. The van der Waals surface area contributed by atoms with Crippen molar-refractivity contribution in [1.29, 1.82) is 0 Å². The lowest BCUT2D eigenvalue weighted by Gasteiger charge is -2.09. The van der Waals surface area contributed by atoms with Crippen LogP contribution in [-0.2, 0) is 34.6 Å². The molecule has 0 aliphatic heterocycles. The van der Waals surface area contributed by atoms with Crippen molar-refractivity contribution in [3.8, 4) is 89.9 Å². The largest absolute Gasteiger partial charge is 0.261 e. The lowest BCUT2D eigenvalue weighted by molar-refractivity contribution is -0.660. The minimum absolute atomic E-state index is 0.329. The smallest absolute Gasteiger partial charge is 0.212 e. The van der Waals surface area contributed by atoms with Crippen LogP contribution in [0.15, 0.2) is 225 Å². The van der Waals surface area contributed by atoms with Crippen molar-refractivity contribution in [2.24, 2.45) is 34.1 Å². The standard InChI is InChI=1S/C22H24N3.C21H24N3.C20H22N3.C19H19N2/c1-16-7-3-6-10-19(16)21-12-11-18(15-25(21)2)20-13-14-23-22(24-20)17-8-4-5-9-17;1-15(2)13-21-22-12-11-19(23-21)17-9-10-20(24(4)14-17)18-8-6-5-7-16(18)3;1-14(2)20-21-12-11-18(22-20)16-9-10-19(23(4)13-16)17-8-6-5-7-15(17)3;1-14-6-4-5-7-18(14)19-11-10-17(13-21(19)3)16-9-8-15(2)20-12-16/h3,6-7,10-15,17H,4-5,8-9H2,1-2H3;5-12,14-15H,13H2,1-4H3;5-14H,1-4H3;4-13H,1-3H3/q4*+1. The molecule has 8 aromatic heterocycles. The van der Waals surface area contributed by atoms with Crippen LogP contribution in [0.1, 0.15) is 111 Å². The second-order valence-electron chi connectivity index (χ2n) is 25.3. The highest BCUT2D eigenvalue weighted by atomic mass is 15.0. The van der Waals surface area contributed by atoms with Crippen molar-refractivity contribution in [1.82, 2.24) is 34.9 Å². The molecule has 1 aliphatic rings. The van der Waals surface area contributed by atoms with Crippen molar-refractivity contribution in [2.75, 3.05) is 0 Å². The molecule has 11 nitrogen and oxygen atoms in total. The van der Waals surface area contributed by atoms with Gasteiger partial charge in [0.1, 0.15) is 45.7 Å². The van der Waals surface area contributed by atoms with Gasteiger partial charge >= 0.3 is 0 Å². The molecule has 0 atom stereocenters. The van der Waals surface area contributed by atoms with E-state index in [2.05, 4.69) is 303 Å². The molecule has 1 saturated carbocycles. The molecule has 1 fully saturated rings. The van der Waals surface area contributed by atoms with Crippen molar-refractivity contribution in [3.63, 3.8) is 0 Å². The summed E-state index contributed by atoms with van der Waals surface area (Å²) in [4.78, 5) is 31.9. The minimum atomic E-state index is 0.329. The van der Waals surface area contributed by atoms with E-state index in [1.54, 1.807) is 0 Å². The van der Waals surface area contributed by atoms with Crippen LogP contribution in [0.4, 0.5) is 0 Å². The van der Waals surface area contributed by atoms with E-state index in [0.717, 1.165) is 68.9 Å². The van der Waals surface area contributed by atoms with Crippen LogP contribution in [0.25, 0.3) is 89.9 Å². The van der Waals surface area contributed by atoms with E-state index >= 15 is 0 Å². The fourth-order valence-corrected chi connectivity index (χ4v) is 12.0. The third-order valence-corrected chi connectivity index (χ3v) is 17.2. The van der Waals surface area contributed by atoms with Crippen molar-refractivity contribution in [3.05, 3.63) is 271 Å². The number of hydrogen-bond donors (Lipinski definition) is 0. The van der Waals surface area contributed by atoms with Gasteiger partial charge < -0.3 is 0 Å².